The summed E-state index contributed by atoms with van der Waals surface area (Å²) in [7, 11) is 1.84. The van der Waals surface area contributed by atoms with Crippen LogP contribution in [-0.4, -0.2) is 43.6 Å². The van der Waals surface area contributed by atoms with Crippen molar-refractivity contribution in [3.05, 3.63) is 57.2 Å². The van der Waals surface area contributed by atoms with Crippen molar-refractivity contribution in [1.29, 1.82) is 0 Å². The van der Waals surface area contributed by atoms with Gasteiger partial charge in [-0.15, -0.1) is 0 Å². The summed E-state index contributed by atoms with van der Waals surface area (Å²) in [4.78, 5) is 6.92. The van der Waals surface area contributed by atoms with Crippen molar-refractivity contribution in [2.75, 3.05) is 26.7 Å². The van der Waals surface area contributed by atoms with E-state index in [1.54, 1.807) is 11.3 Å². The molecule has 2 N–H and O–H groups in total. The Bertz CT molecular complexity index is 709. The summed E-state index contributed by atoms with van der Waals surface area (Å²) in [5, 5.41) is 12.3. The van der Waals surface area contributed by atoms with E-state index in [0.717, 1.165) is 62.8 Å². The van der Waals surface area contributed by atoms with Gasteiger partial charge in [-0.2, -0.15) is 11.3 Å². The molecule has 0 unspecified atom stereocenters. The Labute approximate surface area is 171 Å². The van der Waals surface area contributed by atoms with Crippen LogP contribution in [0.15, 0.2) is 46.1 Å². The first-order valence-corrected chi connectivity index (χ1v) is 11.0. The van der Waals surface area contributed by atoms with Crippen LogP contribution in [0.5, 0.6) is 0 Å². The van der Waals surface area contributed by atoms with E-state index in [4.69, 9.17) is 11.6 Å². The average molecular weight is 405 g/mol. The van der Waals surface area contributed by atoms with Gasteiger partial charge in [0.25, 0.3) is 0 Å². The minimum absolute atomic E-state index is 0.499. The fraction of sp³-hybridized carbons (Fsp3) is 0.476. The molecule has 0 aliphatic carbocycles. The number of nitrogens with zero attached hydrogens (tertiary/aromatic N) is 2. The van der Waals surface area contributed by atoms with E-state index in [0.29, 0.717) is 6.04 Å². The Kier molecular flexibility index (Phi) is 7.99. The fourth-order valence-electron chi connectivity index (χ4n) is 3.45. The lowest BCUT2D eigenvalue weighted by molar-refractivity contribution is 0.198. The highest BCUT2D eigenvalue weighted by atomic mass is 35.5. The molecule has 0 saturated carbocycles. The maximum atomic E-state index is 6.22. The lowest BCUT2D eigenvalue weighted by Gasteiger charge is -2.33. The standard InChI is InChI=1S/C21H29ClN4S/c1-23-21(24-11-4-6-18-5-2-3-7-20(18)22)25-19-8-12-26(13-9-19)15-17-10-14-27-16-17/h2-3,5,7,10,14,16,19H,4,6,8-9,11-13,15H2,1H3,(H2,23,24,25). The second kappa shape index (κ2) is 10.7. The molecule has 1 aromatic carbocycles. The summed E-state index contributed by atoms with van der Waals surface area (Å²) in [6.45, 7) is 4.24. The van der Waals surface area contributed by atoms with E-state index in [-0.39, 0.29) is 0 Å². The normalized spacial score (nSPS) is 16.4. The van der Waals surface area contributed by atoms with Gasteiger partial charge in [0.2, 0.25) is 0 Å². The number of guanidine groups is 1. The predicted octanol–water partition coefficient (Wildman–Crippen LogP) is 4.16. The van der Waals surface area contributed by atoms with E-state index in [2.05, 4.69) is 43.4 Å². The molecule has 0 radical (unpaired) electrons. The van der Waals surface area contributed by atoms with Crippen LogP contribution < -0.4 is 10.6 Å². The zero-order valence-corrected chi connectivity index (χ0v) is 17.5. The van der Waals surface area contributed by atoms with Gasteiger partial charge in [0.15, 0.2) is 5.96 Å². The van der Waals surface area contributed by atoms with Crippen LogP contribution in [0.25, 0.3) is 0 Å². The average Bonchev–Trinajstić information content (AvgIpc) is 3.20. The summed E-state index contributed by atoms with van der Waals surface area (Å²) in [5.41, 5.74) is 2.64. The van der Waals surface area contributed by atoms with Crippen LogP contribution in [0.1, 0.15) is 30.4 Å². The molecular weight excluding hydrogens is 376 g/mol. The highest BCUT2D eigenvalue weighted by Gasteiger charge is 2.20. The quantitative estimate of drug-likeness (QED) is 0.413. The molecule has 1 aliphatic rings. The number of aryl methyl sites for hydroxylation is 1. The Hall–Kier alpha value is -1.56. The van der Waals surface area contributed by atoms with Crippen LogP contribution in [0.4, 0.5) is 0 Å². The van der Waals surface area contributed by atoms with Gasteiger partial charge in [-0.1, -0.05) is 29.8 Å². The maximum Gasteiger partial charge on any atom is 0.191 e. The topological polar surface area (TPSA) is 39.7 Å². The smallest absolute Gasteiger partial charge is 0.191 e. The van der Waals surface area contributed by atoms with Crippen molar-refractivity contribution in [2.24, 2.45) is 4.99 Å². The zero-order chi connectivity index (χ0) is 18.9. The molecule has 0 spiro atoms. The van der Waals surface area contributed by atoms with Crippen molar-refractivity contribution in [3.8, 4) is 0 Å². The third kappa shape index (κ3) is 6.52. The molecule has 1 aromatic heterocycles. The van der Waals surface area contributed by atoms with Crippen molar-refractivity contribution in [3.63, 3.8) is 0 Å². The van der Waals surface area contributed by atoms with Gasteiger partial charge in [-0.05, 0) is 59.7 Å². The Morgan fingerprint density at radius 3 is 2.78 bits per heavy atom. The number of nitrogens with one attached hydrogen (secondary N) is 2. The van der Waals surface area contributed by atoms with Crippen molar-refractivity contribution >= 4 is 28.9 Å². The van der Waals surface area contributed by atoms with Crippen molar-refractivity contribution in [2.45, 2.75) is 38.3 Å². The lowest BCUT2D eigenvalue weighted by atomic mass is 10.0. The van der Waals surface area contributed by atoms with E-state index in [9.17, 15) is 0 Å². The maximum absolute atomic E-state index is 6.22. The highest BCUT2D eigenvalue weighted by molar-refractivity contribution is 7.07. The molecule has 3 rings (SSSR count). The zero-order valence-electron chi connectivity index (χ0n) is 16.0. The Balaban J connectivity index is 1.34. The first-order chi connectivity index (χ1) is 13.2. The van der Waals surface area contributed by atoms with Gasteiger partial charge in [0.1, 0.15) is 0 Å². The summed E-state index contributed by atoms with van der Waals surface area (Å²) in [5.74, 6) is 0.908. The van der Waals surface area contributed by atoms with Crippen LogP contribution in [-0.2, 0) is 13.0 Å². The third-order valence-corrected chi connectivity index (χ3v) is 6.11. The second-order valence-corrected chi connectivity index (χ2v) is 8.21. The predicted molar refractivity (Wildman–Crippen MR) is 117 cm³/mol. The molecule has 27 heavy (non-hydrogen) atoms. The van der Waals surface area contributed by atoms with Gasteiger partial charge in [0.05, 0.1) is 0 Å². The number of halogens is 1. The Morgan fingerprint density at radius 2 is 2.07 bits per heavy atom. The van der Waals surface area contributed by atoms with Crippen LogP contribution >= 0.6 is 22.9 Å². The van der Waals surface area contributed by atoms with Crippen molar-refractivity contribution < 1.29 is 0 Å². The number of likely N-dealkylation sites (tertiary alicyclic amines) is 1. The van der Waals surface area contributed by atoms with E-state index in [1.165, 1.54) is 11.1 Å². The number of benzene rings is 1. The largest absolute Gasteiger partial charge is 0.356 e. The van der Waals surface area contributed by atoms with Gasteiger partial charge < -0.3 is 10.6 Å². The summed E-state index contributed by atoms with van der Waals surface area (Å²) >= 11 is 8.00. The molecule has 6 heteroatoms. The molecule has 1 aliphatic heterocycles. The number of rotatable bonds is 7. The molecular formula is C21H29ClN4S. The molecule has 4 nitrogen and oxygen atoms in total. The highest BCUT2D eigenvalue weighted by Crippen LogP contribution is 2.17. The van der Waals surface area contributed by atoms with E-state index in [1.807, 2.05) is 25.2 Å². The number of hydrogen-bond donors (Lipinski definition) is 2. The monoisotopic (exact) mass is 404 g/mol. The molecule has 1 saturated heterocycles. The number of aliphatic imine (C=N–C) groups is 1. The van der Waals surface area contributed by atoms with E-state index >= 15 is 0 Å². The molecule has 0 bridgehead atoms. The lowest BCUT2D eigenvalue weighted by Crippen LogP contribution is -2.48. The fourth-order valence-corrected chi connectivity index (χ4v) is 4.34. The summed E-state index contributed by atoms with van der Waals surface area (Å²) < 4.78 is 0. The van der Waals surface area contributed by atoms with Gasteiger partial charge in [-0.3, -0.25) is 9.89 Å². The number of piperidine rings is 1. The van der Waals surface area contributed by atoms with Crippen LogP contribution in [0.3, 0.4) is 0 Å². The van der Waals surface area contributed by atoms with Crippen LogP contribution in [0.2, 0.25) is 5.02 Å². The number of thiophene rings is 1. The van der Waals surface area contributed by atoms with Gasteiger partial charge >= 0.3 is 0 Å². The number of hydrogen-bond acceptors (Lipinski definition) is 3. The molecule has 0 amide bonds. The summed E-state index contributed by atoms with van der Waals surface area (Å²) in [6, 6.07) is 10.8. The molecule has 2 heterocycles. The summed E-state index contributed by atoms with van der Waals surface area (Å²) in [6.07, 6.45) is 4.32. The molecule has 0 atom stereocenters. The first-order valence-electron chi connectivity index (χ1n) is 9.68. The van der Waals surface area contributed by atoms with Crippen molar-refractivity contribution in [1.82, 2.24) is 15.5 Å². The Morgan fingerprint density at radius 1 is 1.26 bits per heavy atom. The van der Waals surface area contributed by atoms with Gasteiger partial charge in [-0.25, -0.2) is 0 Å². The van der Waals surface area contributed by atoms with Gasteiger partial charge in [0, 0.05) is 44.3 Å². The molecule has 146 valence electrons. The first kappa shape index (κ1) is 20.2. The SMILES string of the molecule is CN=C(NCCCc1ccccc1Cl)NC1CCN(Cc2ccsc2)CC1. The second-order valence-electron chi connectivity index (χ2n) is 7.02. The third-order valence-electron chi connectivity index (χ3n) is 5.01. The van der Waals surface area contributed by atoms with E-state index < -0.39 is 0 Å². The molecule has 1 fully saturated rings. The minimum Gasteiger partial charge on any atom is -0.356 e. The van der Waals surface area contributed by atoms with Crippen LogP contribution in [0, 0.1) is 0 Å². The molecule has 2 aromatic rings. The minimum atomic E-state index is 0.499.